The summed E-state index contributed by atoms with van der Waals surface area (Å²) in [4.78, 5) is 16.9. The van der Waals surface area contributed by atoms with Gasteiger partial charge < -0.3 is 5.32 Å². The maximum absolute atomic E-state index is 13.5. The van der Waals surface area contributed by atoms with Gasteiger partial charge in [0.2, 0.25) is 0 Å². The maximum atomic E-state index is 13.5. The van der Waals surface area contributed by atoms with Crippen molar-refractivity contribution in [2.75, 3.05) is 5.32 Å². The Balaban J connectivity index is 1.62. The van der Waals surface area contributed by atoms with Gasteiger partial charge in [0.1, 0.15) is 5.82 Å². The number of amides is 1. The van der Waals surface area contributed by atoms with Gasteiger partial charge in [0, 0.05) is 23.8 Å². The standard InChI is InChI=1S/C18H15FN2OS2/c1-12-2-3-14(10-15(12)19)21-18(22)16-4-5-17(24-16)23-11-13-6-8-20-9-7-13/h2-10H,11H2,1H3,(H,21,22). The summed E-state index contributed by atoms with van der Waals surface area (Å²) < 4.78 is 14.6. The number of thioether (sulfide) groups is 1. The highest BCUT2D eigenvalue weighted by atomic mass is 32.2. The fourth-order valence-electron chi connectivity index (χ4n) is 2.02. The van der Waals surface area contributed by atoms with Crippen LogP contribution in [0.2, 0.25) is 0 Å². The zero-order valence-electron chi connectivity index (χ0n) is 13.0. The zero-order chi connectivity index (χ0) is 16.9. The van der Waals surface area contributed by atoms with E-state index >= 15 is 0 Å². The second-order valence-corrected chi connectivity index (χ2v) is 7.54. The first-order valence-corrected chi connectivity index (χ1v) is 9.11. The average molecular weight is 358 g/mol. The monoisotopic (exact) mass is 358 g/mol. The Hall–Kier alpha value is -2.18. The lowest BCUT2D eigenvalue weighted by molar-refractivity contribution is 0.103. The number of aryl methyl sites for hydroxylation is 1. The van der Waals surface area contributed by atoms with E-state index in [0.29, 0.717) is 16.1 Å². The van der Waals surface area contributed by atoms with Crippen molar-refractivity contribution < 1.29 is 9.18 Å². The number of pyridine rings is 1. The number of benzene rings is 1. The number of thiophene rings is 1. The number of nitrogens with zero attached hydrogens (tertiary/aromatic N) is 1. The number of halogens is 1. The van der Waals surface area contributed by atoms with E-state index in [9.17, 15) is 9.18 Å². The molecule has 0 fully saturated rings. The van der Waals surface area contributed by atoms with E-state index in [-0.39, 0.29) is 11.7 Å². The van der Waals surface area contributed by atoms with Gasteiger partial charge in [-0.1, -0.05) is 6.07 Å². The largest absolute Gasteiger partial charge is 0.321 e. The minimum absolute atomic E-state index is 0.223. The summed E-state index contributed by atoms with van der Waals surface area (Å²) >= 11 is 3.10. The molecule has 3 rings (SSSR count). The smallest absolute Gasteiger partial charge is 0.265 e. The molecule has 0 saturated carbocycles. The van der Waals surface area contributed by atoms with Crippen LogP contribution in [0.1, 0.15) is 20.8 Å². The van der Waals surface area contributed by atoms with Crippen molar-refractivity contribution in [3.8, 4) is 0 Å². The lowest BCUT2D eigenvalue weighted by Crippen LogP contribution is -2.10. The van der Waals surface area contributed by atoms with Crippen LogP contribution in [0.4, 0.5) is 10.1 Å². The Morgan fingerprint density at radius 2 is 2.00 bits per heavy atom. The molecule has 0 aliphatic rings. The van der Waals surface area contributed by atoms with Crippen molar-refractivity contribution in [3.63, 3.8) is 0 Å². The number of hydrogen-bond donors (Lipinski definition) is 1. The summed E-state index contributed by atoms with van der Waals surface area (Å²) in [7, 11) is 0. The molecule has 1 amide bonds. The van der Waals surface area contributed by atoms with Crippen LogP contribution in [0, 0.1) is 12.7 Å². The Morgan fingerprint density at radius 1 is 1.21 bits per heavy atom. The second kappa shape index (κ2) is 7.59. The van der Waals surface area contributed by atoms with Crippen molar-refractivity contribution in [2.45, 2.75) is 16.9 Å². The molecule has 2 aromatic heterocycles. The van der Waals surface area contributed by atoms with E-state index < -0.39 is 0 Å². The van der Waals surface area contributed by atoms with E-state index in [1.165, 1.54) is 23.0 Å². The Bertz CT molecular complexity index is 849. The van der Waals surface area contributed by atoms with Gasteiger partial charge in [-0.3, -0.25) is 9.78 Å². The zero-order valence-corrected chi connectivity index (χ0v) is 14.6. The van der Waals surface area contributed by atoms with Crippen LogP contribution in [0.25, 0.3) is 0 Å². The molecule has 2 heterocycles. The summed E-state index contributed by atoms with van der Waals surface area (Å²) in [6.45, 7) is 1.69. The summed E-state index contributed by atoms with van der Waals surface area (Å²) in [6.07, 6.45) is 3.54. The molecule has 3 aromatic rings. The number of hydrogen-bond acceptors (Lipinski definition) is 4. The van der Waals surface area contributed by atoms with Crippen LogP contribution in [-0.4, -0.2) is 10.9 Å². The molecule has 0 bridgehead atoms. The molecule has 6 heteroatoms. The first kappa shape index (κ1) is 16.7. The van der Waals surface area contributed by atoms with E-state index in [1.807, 2.05) is 18.2 Å². The average Bonchev–Trinajstić information content (AvgIpc) is 3.06. The number of carbonyl (C=O) groups excluding carboxylic acids is 1. The lowest BCUT2D eigenvalue weighted by atomic mass is 10.2. The van der Waals surface area contributed by atoms with Crippen LogP contribution >= 0.6 is 23.1 Å². The third kappa shape index (κ3) is 4.21. The van der Waals surface area contributed by atoms with Gasteiger partial charge in [-0.15, -0.1) is 23.1 Å². The van der Waals surface area contributed by atoms with Gasteiger partial charge >= 0.3 is 0 Å². The van der Waals surface area contributed by atoms with E-state index in [0.717, 1.165) is 9.96 Å². The molecule has 0 saturated heterocycles. The highest BCUT2D eigenvalue weighted by Crippen LogP contribution is 2.30. The van der Waals surface area contributed by atoms with Gasteiger partial charge in [0.25, 0.3) is 5.91 Å². The predicted molar refractivity (Wildman–Crippen MR) is 97.2 cm³/mol. The number of nitrogens with one attached hydrogen (secondary N) is 1. The number of rotatable bonds is 5. The van der Waals surface area contributed by atoms with Gasteiger partial charge in [0.05, 0.1) is 9.09 Å². The third-order valence-corrected chi connectivity index (χ3v) is 5.75. The molecule has 0 aliphatic carbocycles. The van der Waals surface area contributed by atoms with Crippen molar-refractivity contribution in [1.29, 1.82) is 0 Å². The molecule has 0 unspecified atom stereocenters. The van der Waals surface area contributed by atoms with Crippen molar-refractivity contribution in [2.24, 2.45) is 0 Å². The fourth-order valence-corrected chi connectivity index (χ4v) is 4.00. The first-order chi connectivity index (χ1) is 11.6. The van der Waals surface area contributed by atoms with Crippen LogP contribution in [0.15, 0.2) is 59.1 Å². The normalized spacial score (nSPS) is 10.6. The molecule has 1 N–H and O–H groups in total. The van der Waals surface area contributed by atoms with Crippen LogP contribution in [0.3, 0.4) is 0 Å². The molecule has 0 spiro atoms. The fraction of sp³-hybridized carbons (Fsp3) is 0.111. The van der Waals surface area contributed by atoms with Crippen LogP contribution < -0.4 is 5.32 Å². The van der Waals surface area contributed by atoms with Crippen molar-refractivity contribution >= 4 is 34.7 Å². The Kier molecular flexibility index (Phi) is 5.27. The topological polar surface area (TPSA) is 42.0 Å². The molecule has 0 radical (unpaired) electrons. The summed E-state index contributed by atoms with van der Waals surface area (Å²) in [6, 6.07) is 12.3. The quantitative estimate of drug-likeness (QED) is 0.643. The number of anilines is 1. The van der Waals surface area contributed by atoms with Crippen molar-refractivity contribution in [3.05, 3.63) is 76.7 Å². The van der Waals surface area contributed by atoms with Crippen LogP contribution in [0.5, 0.6) is 0 Å². The number of carbonyl (C=O) groups is 1. The highest BCUT2D eigenvalue weighted by Gasteiger charge is 2.11. The van der Waals surface area contributed by atoms with Gasteiger partial charge in [-0.2, -0.15) is 0 Å². The minimum Gasteiger partial charge on any atom is -0.321 e. The van der Waals surface area contributed by atoms with Crippen molar-refractivity contribution in [1.82, 2.24) is 4.98 Å². The summed E-state index contributed by atoms with van der Waals surface area (Å²) in [5, 5.41) is 2.73. The molecule has 1 aromatic carbocycles. The molecular weight excluding hydrogens is 343 g/mol. The van der Waals surface area contributed by atoms with Gasteiger partial charge in [-0.05, 0) is 54.4 Å². The highest BCUT2D eigenvalue weighted by molar-refractivity contribution is 8.00. The molecule has 122 valence electrons. The van der Waals surface area contributed by atoms with E-state index in [1.54, 1.807) is 49.3 Å². The SMILES string of the molecule is Cc1ccc(NC(=O)c2ccc(SCc3ccncc3)s2)cc1F. The Morgan fingerprint density at radius 3 is 2.75 bits per heavy atom. The molecule has 0 aliphatic heterocycles. The third-order valence-electron chi connectivity index (χ3n) is 3.37. The second-order valence-electron chi connectivity index (χ2n) is 5.18. The maximum Gasteiger partial charge on any atom is 0.265 e. The van der Waals surface area contributed by atoms with Gasteiger partial charge in [-0.25, -0.2) is 4.39 Å². The molecule has 24 heavy (non-hydrogen) atoms. The lowest BCUT2D eigenvalue weighted by Gasteiger charge is -2.04. The minimum atomic E-state index is -0.326. The van der Waals surface area contributed by atoms with Crippen LogP contribution in [-0.2, 0) is 5.75 Å². The predicted octanol–water partition coefficient (Wildman–Crippen LogP) is 5.14. The van der Waals surface area contributed by atoms with E-state index in [2.05, 4.69) is 10.3 Å². The summed E-state index contributed by atoms with van der Waals surface area (Å²) in [5.74, 6) is 0.277. The molecule has 0 atom stereocenters. The number of aromatic nitrogens is 1. The first-order valence-electron chi connectivity index (χ1n) is 7.31. The Labute approximate surface area is 148 Å². The molecular formula is C18H15FN2OS2. The molecule has 3 nitrogen and oxygen atoms in total. The summed E-state index contributed by atoms with van der Waals surface area (Å²) in [5.41, 5.74) is 2.20. The van der Waals surface area contributed by atoms with Gasteiger partial charge in [0.15, 0.2) is 0 Å². The van der Waals surface area contributed by atoms with E-state index in [4.69, 9.17) is 0 Å².